The summed E-state index contributed by atoms with van der Waals surface area (Å²) in [5, 5.41) is 58.8. The summed E-state index contributed by atoms with van der Waals surface area (Å²) in [4.78, 5) is 78.6. The van der Waals surface area contributed by atoms with Crippen LogP contribution in [0, 0.1) is 0 Å². The number of nitrogens with one attached hydrogen (secondary N) is 3. The summed E-state index contributed by atoms with van der Waals surface area (Å²) in [6.45, 7) is 32.5. The first-order valence-electron chi connectivity index (χ1n) is 42.7. The molecule has 5 unspecified atom stereocenters. The van der Waals surface area contributed by atoms with Crippen LogP contribution in [0.5, 0.6) is 0 Å². The minimum atomic E-state index is -0.571. The Hall–Kier alpha value is -8.81. The largest absolute Gasteiger partial charge is 0.445 e. The number of H-pyrrole nitrogens is 1. The van der Waals surface area contributed by atoms with Gasteiger partial charge in [0.25, 0.3) is 0 Å². The molecule has 6 heterocycles. The van der Waals surface area contributed by atoms with Crippen LogP contribution < -0.4 is 21.3 Å². The van der Waals surface area contributed by atoms with Gasteiger partial charge in [0.15, 0.2) is 0 Å². The third kappa shape index (κ3) is 41.2. The summed E-state index contributed by atoms with van der Waals surface area (Å²) in [7, 11) is 0. The van der Waals surface area contributed by atoms with Crippen LogP contribution in [-0.4, -0.2) is 312 Å². The number of aliphatic hydroxyl groups excluding tert-OH is 5. The van der Waals surface area contributed by atoms with Gasteiger partial charge in [0.2, 0.25) is 11.9 Å². The van der Waals surface area contributed by atoms with E-state index < -0.39 is 11.7 Å². The molecular formula is C90H142N14O14. The van der Waals surface area contributed by atoms with E-state index >= 15 is 0 Å². The molecule has 5 aliphatic rings. The van der Waals surface area contributed by atoms with Gasteiger partial charge in [-0.1, -0.05) is 159 Å². The fraction of sp³-hybridized carbons (Fsp3) is 0.589. The number of aryl methyl sites for hydroxylation is 4. The predicted molar refractivity (Wildman–Crippen MR) is 467 cm³/mol. The predicted octanol–water partition coefficient (Wildman–Crippen LogP) is 9.83. The van der Waals surface area contributed by atoms with E-state index in [0.717, 1.165) is 162 Å². The van der Waals surface area contributed by atoms with Crippen LogP contribution >= 0.6 is 0 Å². The molecule has 1 aromatic heterocycles. The summed E-state index contributed by atoms with van der Waals surface area (Å²) in [5.41, 5.74) is 10.5. The summed E-state index contributed by atoms with van der Waals surface area (Å²) in [6.07, 6.45) is 20.8. The van der Waals surface area contributed by atoms with E-state index in [0.29, 0.717) is 95.7 Å². The number of amides is 4. The van der Waals surface area contributed by atoms with Crippen LogP contribution in [0.1, 0.15) is 133 Å². The third-order valence-corrected chi connectivity index (χ3v) is 20.7. The number of aromatic nitrogens is 3. The minimum Gasteiger partial charge on any atom is -0.445 e. The van der Waals surface area contributed by atoms with E-state index in [1.807, 2.05) is 57.2 Å². The first-order valence-corrected chi connectivity index (χ1v) is 42.7. The molecule has 656 valence electrons. The Labute approximate surface area is 702 Å². The van der Waals surface area contributed by atoms with E-state index in [1.165, 1.54) is 41.3 Å². The number of carbonyl (C=O) groups is 5. The molecule has 0 aliphatic carbocycles. The van der Waals surface area contributed by atoms with Crippen molar-refractivity contribution < 1.29 is 68.5 Å². The number of aliphatic hydroxyl groups is 5. The molecule has 5 aliphatic heterocycles. The molecule has 5 atom stereocenters. The molecule has 5 aromatic rings. The van der Waals surface area contributed by atoms with Gasteiger partial charge in [0, 0.05) is 162 Å². The van der Waals surface area contributed by atoms with E-state index in [1.54, 1.807) is 31.8 Å². The van der Waals surface area contributed by atoms with Crippen molar-refractivity contribution in [2.24, 2.45) is 0 Å². The molecule has 28 heteroatoms. The van der Waals surface area contributed by atoms with Crippen molar-refractivity contribution in [2.75, 3.05) is 181 Å². The average molecular weight is 1640 g/mol. The number of benzene rings is 4. The summed E-state index contributed by atoms with van der Waals surface area (Å²) in [5.74, 6) is 1.03. The van der Waals surface area contributed by atoms with Gasteiger partial charge < -0.3 is 90.1 Å². The van der Waals surface area contributed by atoms with Crippen LogP contribution in [0.4, 0.5) is 31.1 Å². The Bertz CT molecular complexity index is 3480. The molecule has 5 saturated heterocycles. The van der Waals surface area contributed by atoms with Crippen molar-refractivity contribution in [1.82, 2.24) is 60.1 Å². The molecule has 0 spiro atoms. The Morgan fingerprint density at radius 3 is 1.32 bits per heavy atom. The molecule has 10 N–H and O–H groups in total. The van der Waals surface area contributed by atoms with Crippen molar-refractivity contribution in [2.45, 2.75) is 172 Å². The van der Waals surface area contributed by atoms with Crippen LogP contribution in [0.25, 0.3) is 0 Å². The fourth-order valence-electron chi connectivity index (χ4n) is 14.6. The van der Waals surface area contributed by atoms with Crippen molar-refractivity contribution in [3.05, 3.63) is 182 Å². The highest BCUT2D eigenvalue weighted by molar-refractivity contribution is 5.71. The lowest BCUT2D eigenvalue weighted by molar-refractivity contribution is -0.107. The number of ether oxygens (including phenoxy) is 4. The average Bonchev–Trinajstić information content (AvgIpc) is 1.13. The van der Waals surface area contributed by atoms with Crippen LogP contribution in [0.3, 0.4) is 0 Å². The number of hydrogen-bond acceptors (Lipinski definition) is 23. The standard InChI is InChI=1S/C20H30N2O3.C18H28N6O.C16H28N2O5.C16H26N2O.C11H20N2O3.C9H10O/c1-2-16-25-20(24)22-14-13-21(19(17-22)11-7-15-23)12-6-10-18-8-4-3-5-9-18;19-17-20-18(22-21-17)24-12-11-23(16(14-24)9-5-13-25)10-4-8-15-6-2-1-3-7-15;1-5-11-22-14(20)17-8-9-18(13(12-17)7-6-10-19)15(21)23-16(2,3)4;19-13-5-9-16-14-17-10-12-18(16)11-4-8-15-6-2-1-3-7-15;1-2-8-16-11(15)13-6-5-12-10(9-13)4-3-7-14;10-8-4-7-9-5-2-1-3-6-9/h2-5,8-9,19,23H,1,6-7,10-17H2;1-3,6-7,16,25H,4-5,8-14H2,(H3,19,20,21,22);5,13,19H,1,6-12H2,2-4H3;1-3,6-7,16-17,19H,4-5,8-14H2;2,10,12,14H,1,3-9H2;1-3,5-6,8H,4,7H2. The Morgan fingerprint density at radius 1 is 0.475 bits per heavy atom. The van der Waals surface area contributed by atoms with Gasteiger partial charge in [-0.25, -0.2) is 24.3 Å². The maximum Gasteiger partial charge on any atom is 0.410 e. The number of rotatable bonds is 37. The number of nitrogens with two attached hydrogens (primary N) is 1. The number of hydrogen-bond donors (Lipinski definition) is 9. The third-order valence-electron chi connectivity index (χ3n) is 20.7. The van der Waals surface area contributed by atoms with E-state index in [9.17, 15) is 29.1 Å². The lowest BCUT2D eigenvalue weighted by Crippen LogP contribution is -2.57. The van der Waals surface area contributed by atoms with Crippen molar-refractivity contribution >= 4 is 42.6 Å². The summed E-state index contributed by atoms with van der Waals surface area (Å²) in [6, 6.07) is 43.3. The zero-order chi connectivity index (χ0) is 85.2. The second-order valence-corrected chi connectivity index (χ2v) is 30.9. The van der Waals surface area contributed by atoms with Gasteiger partial charge >= 0.3 is 24.4 Å². The normalized spacial score (nSPS) is 18.3. The SMILES string of the molecule is C=CCOC(=O)N1CCN(C(=O)OC(C)(C)C)C(CCCO)C1.C=CCOC(=O)N1CCN(CCCc2ccccc2)C(CCCO)C1.C=CCOC(=O)N1CCNC(CCCO)C1.Nc1nc(N2CCN(CCCc3ccccc3)C(CCCO)C2)n[nH]1.O=CCCc1ccccc1.OCCCC1CNCCN1CCCc1ccccc1. The number of piperazine rings is 5. The number of anilines is 2. The van der Waals surface area contributed by atoms with Crippen molar-refractivity contribution in [3.8, 4) is 0 Å². The Balaban J connectivity index is 0.000000257. The molecule has 0 radical (unpaired) electrons. The zero-order valence-electron chi connectivity index (χ0n) is 70.9. The first-order chi connectivity index (χ1) is 57.4. The van der Waals surface area contributed by atoms with Crippen molar-refractivity contribution in [1.29, 1.82) is 0 Å². The molecule has 0 bridgehead atoms. The number of nitrogens with zero attached hydrogens (tertiary/aromatic N) is 10. The zero-order valence-corrected chi connectivity index (χ0v) is 70.9. The number of nitrogen functional groups attached to an aromatic ring is 1. The summed E-state index contributed by atoms with van der Waals surface area (Å²) < 4.78 is 20.6. The molecule has 4 amide bonds. The van der Waals surface area contributed by atoms with Gasteiger partial charge in [-0.3, -0.25) is 14.7 Å². The number of carbonyl (C=O) groups excluding carboxylic acids is 5. The number of aromatic amines is 1. The molecule has 5 fully saturated rings. The van der Waals surface area contributed by atoms with Gasteiger partial charge in [-0.2, -0.15) is 4.98 Å². The molecule has 118 heavy (non-hydrogen) atoms. The second-order valence-electron chi connectivity index (χ2n) is 30.9. The fourth-order valence-corrected chi connectivity index (χ4v) is 14.6. The highest BCUT2D eigenvalue weighted by Gasteiger charge is 2.36. The van der Waals surface area contributed by atoms with E-state index in [2.05, 4.69) is 150 Å². The lowest BCUT2D eigenvalue weighted by atomic mass is 10.0. The monoisotopic (exact) mass is 1640 g/mol. The number of aldehydes is 1. The van der Waals surface area contributed by atoms with Gasteiger partial charge in [-0.05, 0) is 172 Å². The molecule has 4 aromatic carbocycles. The smallest absolute Gasteiger partial charge is 0.410 e. The molecule has 10 rings (SSSR count). The maximum absolute atomic E-state index is 12.3. The van der Waals surface area contributed by atoms with Crippen LogP contribution in [0.15, 0.2) is 159 Å². The Morgan fingerprint density at radius 2 is 0.881 bits per heavy atom. The van der Waals surface area contributed by atoms with Crippen LogP contribution in [-0.2, 0) is 49.4 Å². The Kier molecular flexibility index (Phi) is 51.3. The van der Waals surface area contributed by atoms with Gasteiger partial charge in [-0.15, -0.1) is 5.10 Å². The van der Waals surface area contributed by atoms with Crippen LogP contribution in [0.2, 0.25) is 0 Å². The maximum atomic E-state index is 12.3. The molecular weight excluding hydrogens is 1500 g/mol. The molecule has 0 saturated carbocycles. The van der Waals surface area contributed by atoms with E-state index in [4.69, 9.17) is 45.1 Å². The lowest BCUT2D eigenvalue weighted by Gasteiger charge is -2.41. The second kappa shape index (κ2) is 60.6. The topological polar surface area (TPSA) is 341 Å². The van der Waals surface area contributed by atoms with Gasteiger partial charge in [0.1, 0.15) is 31.7 Å². The van der Waals surface area contributed by atoms with Crippen molar-refractivity contribution in [3.63, 3.8) is 0 Å². The molecule has 28 nitrogen and oxygen atoms in total. The first kappa shape index (κ1) is 99.8. The highest BCUT2D eigenvalue weighted by Crippen LogP contribution is 2.24. The quantitative estimate of drug-likeness (QED) is 0.0101. The summed E-state index contributed by atoms with van der Waals surface area (Å²) >= 11 is 0. The van der Waals surface area contributed by atoms with E-state index in [-0.39, 0.29) is 82.7 Å². The minimum absolute atomic E-state index is 0.0412. The van der Waals surface area contributed by atoms with Gasteiger partial charge in [0.05, 0.1) is 6.04 Å². The highest BCUT2D eigenvalue weighted by atomic mass is 16.6.